The van der Waals surface area contributed by atoms with Gasteiger partial charge in [-0.1, -0.05) is 26.2 Å². The first-order chi connectivity index (χ1) is 13.6. The summed E-state index contributed by atoms with van der Waals surface area (Å²) < 4.78 is 10.9. The monoisotopic (exact) mass is 387 g/mol. The predicted octanol–water partition coefficient (Wildman–Crippen LogP) is 4.68. The molecule has 0 aliphatic heterocycles. The van der Waals surface area contributed by atoms with Crippen molar-refractivity contribution in [3.05, 3.63) is 40.3 Å². The van der Waals surface area contributed by atoms with Gasteiger partial charge in [-0.25, -0.2) is 0 Å². The van der Waals surface area contributed by atoms with Crippen LogP contribution in [0, 0.1) is 22.0 Å². The van der Waals surface area contributed by atoms with E-state index < -0.39 is 4.92 Å². The van der Waals surface area contributed by atoms with Gasteiger partial charge in [0.15, 0.2) is 6.61 Å². The Morgan fingerprint density at radius 3 is 2.57 bits per heavy atom. The molecule has 150 valence electrons. The van der Waals surface area contributed by atoms with Crippen LogP contribution in [0.15, 0.2) is 28.7 Å². The number of esters is 1. The maximum atomic E-state index is 12.3. The van der Waals surface area contributed by atoms with Gasteiger partial charge in [0.05, 0.1) is 10.8 Å². The molecule has 8 nitrogen and oxygen atoms in total. The van der Waals surface area contributed by atoms with Crippen LogP contribution in [-0.2, 0) is 16.1 Å². The lowest BCUT2D eigenvalue weighted by molar-refractivity contribution is -0.384. The summed E-state index contributed by atoms with van der Waals surface area (Å²) in [5.74, 6) is 0.930. The fraction of sp³-hybridized carbons (Fsp3) is 0.550. The summed E-state index contributed by atoms with van der Waals surface area (Å²) in [6.07, 6.45) is 7.67. The fourth-order valence-corrected chi connectivity index (χ4v) is 3.58. The molecule has 2 aromatic rings. The van der Waals surface area contributed by atoms with Crippen molar-refractivity contribution in [3.8, 4) is 11.5 Å². The van der Waals surface area contributed by atoms with Crippen molar-refractivity contribution in [1.82, 2.24) is 10.2 Å². The van der Waals surface area contributed by atoms with Crippen LogP contribution in [0.3, 0.4) is 0 Å². The first-order valence-electron chi connectivity index (χ1n) is 9.80. The molecule has 1 aromatic carbocycles. The number of rotatable bonds is 8. The number of carbonyl (C=O) groups is 1. The van der Waals surface area contributed by atoms with Gasteiger partial charge >= 0.3 is 5.97 Å². The summed E-state index contributed by atoms with van der Waals surface area (Å²) in [7, 11) is 0. The van der Waals surface area contributed by atoms with Crippen molar-refractivity contribution < 1.29 is 18.9 Å². The Balaban J connectivity index is 1.48. The normalized spacial score (nSPS) is 19.3. The Bertz CT molecular complexity index is 794. The molecule has 0 amide bonds. The molecule has 8 heteroatoms. The molecule has 1 saturated carbocycles. The number of aromatic nitrogens is 2. The van der Waals surface area contributed by atoms with Gasteiger partial charge < -0.3 is 9.15 Å². The van der Waals surface area contributed by atoms with Crippen LogP contribution >= 0.6 is 0 Å². The molecule has 1 aliphatic rings. The number of ether oxygens (including phenoxy) is 1. The number of hydrogen-bond acceptors (Lipinski definition) is 7. The van der Waals surface area contributed by atoms with E-state index in [0.717, 1.165) is 31.6 Å². The van der Waals surface area contributed by atoms with Gasteiger partial charge in [-0.2, -0.15) is 0 Å². The van der Waals surface area contributed by atoms with Crippen LogP contribution in [-0.4, -0.2) is 21.1 Å². The topological polar surface area (TPSA) is 108 Å². The van der Waals surface area contributed by atoms with Crippen LogP contribution in [0.4, 0.5) is 5.69 Å². The van der Waals surface area contributed by atoms with E-state index in [-0.39, 0.29) is 36.0 Å². The average Bonchev–Trinajstić information content (AvgIpc) is 3.20. The standard InChI is InChI=1S/C20H25N3O5/c1-2-3-4-14-5-7-16(8-6-14)20(24)27-13-18-21-22-19(28-18)15-9-11-17(12-10-15)23(25)26/h9-12,14,16H,2-8,13H2,1H3. The number of carbonyl (C=O) groups excluding carboxylic acids is 1. The molecule has 0 bridgehead atoms. The van der Waals surface area contributed by atoms with Gasteiger partial charge in [0.1, 0.15) is 0 Å². The van der Waals surface area contributed by atoms with E-state index in [2.05, 4.69) is 17.1 Å². The van der Waals surface area contributed by atoms with Crippen LogP contribution in [0.25, 0.3) is 11.5 Å². The molecule has 0 spiro atoms. The zero-order valence-corrected chi connectivity index (χ0v) is 16.0. The second-order valence-corrected chi connectivity index (χ2v) is 7.27. The minimum absolute atomic E-state index is 0.0122. The Morgan fingerprint density at radius 2 is 1.93 bits per heavy atom. The number of hydrogen-bond donors (Lipinski definition) is 0. The first-order valence-corrected chi connectivity index (χ1v) is 9.80. The van der Waals surface area contributed by atoms with Crippen molar-refractivity contribution >= 4 is 11.7 Å². The van der Waals surface area contributed by atoms with E-state index >= 15 is 0 Å². The Kier molecular flexibility index (Phi) is 6.73. The lowest BCUT2D eigenvalue weighted by Crippen LogP contribution is -2.23. The zero-order chi connectivity index (χ0) is 19.9. The lowest BCUT2D eigenvalue weighted by Gasteiger charge is -2.26. The summed E-state index contributed by atoms with van der Waals surface area (Å²) in [4.78, 5) is 22.5. The van der Waals surface area contributed by atoms with Gasteiger partial charge in [0.25, 0.3) is 11.6 Å². The van der Waals surface area contributed by atoms with Crippen molar-refractivity contribution in [2.24, 2.45) is 11.8 Å². The van der Waals surface area contributed by atoms with Gasteiger partial charge in [-0.3, -0.25) is 14.9 Å². The van der Waals surface area contributed by atoms with E-state index in [1.54, 1.807) is 12.1 Å². The highest BCUT2D eigenvalue weighted by Gasteiger charge is 2.27. The highest BCUT2D eigenvalue weighted by atomic mass is 16.6. The molecular formula is C20H25N3O5. The molecular weight excluding hydrogens is 362 g/mol. The van der Waals surface area contributed by atoms with Crippen molar-refractivity contribution in [3.63, 3.8) is 0 Å². The summed E-state index contributed by atoms with van der Waals surface area (Å²) in [6, 6.07) is 5.82. The second kappa shape index (κ2) is 9.43. The molecule has 1 fully saturated rings. The lowest BCUT2D eigenvalue weighted by atomic mass is 9.80. The summed E-state index contributed by atoms with van der Waals surface area (Å²) in [6.45, 7) is 2.14. The van der Waals surface area contributed by atoms with Crippen LogP contribution in [0.1, 0.15) is 57.8 Å². The maximum absolute atomic E-state index is 12.3. The Labute approximate surface area is 163 Å². The van der Waals surface area contributed by atoms with Gasteiger partial charge in [-0.15, -0.1) is 10.2 Å². The first kappa shape index (κ1) is 20.0. The smallest absolute Gasteiger partial charge is 0.309 e. The third-order valence-electron chi connectivity index (χ3n) is 5.28. The van der Waals surface area contributed by atoms with Crippen LogP contribution < -0.4 is 0 Å². The third-order valence-corrected chi connectivity index (χ3v) is 5.28. The van der Waals surface area contributed by atoms with Crippen LogP contribution in [0.5, 0.6) is 0 Å². The van der Waals surface area contributed by atoms with Crippen molar-refractivity contribution in [1.29, 1.82) is 0 Å². The maximum Gasteiger partial charge on any atom is 0.309 e. The van der Waals surface area contributed by atoms with E-state index in [0.29, 0.717) is 5.56 Å². The highest BCUT2D eigenvalue weighted by Crippen LogP contribution is 2.32. The molecule has 0 N–H and O–H groups in total. The molecule has 0 atom stereocenters. The molecule has 0 radical (unpaired) electrons. The molecule has 0 saturated heterocycles. The number of non-ortho nitro benzene ring substituents is 1. The SMILES string of the molecule is CCCCC1CCC(C(=O)OCc2nnc(-c3ccc([N+](=O)[O-])cc3)o2)CC1. The van der Waals surface area contributed by atoms with E-state index in [9.17, 15) is 14.9 Å². The predicted molar refractivity (Wildman–Crippen MR) is 101 cm³/mol. The third kappa shape index (κ3) is 5.15. The minimum Gasteiger partial charge on any atom is -0.455 e. The van der Waals surface area contributed by atoms with Crippen molar-refractivity contribution in [2.45, 2.75) is 58.5 Å². The summed E-state index contributed by atoms with van der Waals surface area (Å²) >= 11 is 0. The fourth-order valence-electron chi connectivity index (χ4n) is 3.58. The summed E-state index contributed by atoms with van der Waals surface area (Å²) in [5, 5.41) is 18.5. The number of nitrogens with zero attached hydrogens (tertiary/aromatic N) is 3. The van der Waals surface area contributed by atoms with Crippen molar-refractivity contribution in [2.75, 3.05) is 0 Å². The molecule has 3 rings (SSSR count). The van der Waals surface area contributed by atoms with Gasteiger partial charge in [0, 0.05) is 17.7 Å². The quantitative estimate of drug-likeness (QED) is 0.367. The number of benzene rings is 1. The Hall–Kier alpha value is -2.77. The molecule has 28 heavy (non-hydrogen) atoms. The summed E-state index contributed by atoms with van der Waals surface area (Å²) in [5.41, 5.74) is 0.558. The van der Waals surface area contributed by atoms with E-state index in [1.165, 1.54) is 31.4 Å². The largest absolute Gasteiger partial charge is 0.455 e. The van der Waals surface area contributed by atoms with E-state index in [4.69, 9.17) is 9.15 Å². The highest BCUT2D eigenvalue weighted by molar-refractivity contribution is 5.72. The average molecular weight is 387 g/mol. The molecule has 1 heterocycles. The van der Waals surface area contributed by atoms with Crippen LogP contribution in [0.2, 0.25) is 0 Å². The number of nitro benzene ring substituents is 1. The molecule has 1 aromatic heterocycles. The number of unbranched alkanes of at least 4 members (excludes halogenated alkanes) is 1. The minimum atomic E-state index is -0.472. The molecule has 0 unspecified atom stereocenters. The van der Waals surface area contributed by atoms with Gasteiger partial charge in [-0.05, 0) is 43.7 Å². The second-order valence-electron chi connectivity index (χ2n) is 7.27. The molecule has 1 aliphatic carbocycles. The number of nitro groups is 1. The van der Waals surface area contributed by atoms with E-state index in [1.807, 2.05) is 0 Å². The Morgan fingerprint density at radius 1 is 1.21 bits per heavy atom. The zero-order valence-electron chi connectivity index (χ0n) is 16.0. The van der Waals surface area contributed by atoms with Gasteiger partial charge in [0.2, 0.25) is 5.89 Å².